The molecule has 1 N–H and O–H groups in total. The fraction of sp³-hybridized carbons (Fsp3) is 0.739. The Morgan fingerprint density at radius 1 is 1.25 bits per heavy atom. The van der Waals surface area contributed by atoms with Crippen LogP contribution in [0.5, 0.6) is 5.75 Å². The highest BCUT2D eigenvalue weighted by atomic mass is 16.5. The van der Waals surface area contributed by atoms with Gasteiger partial charge in [-0.3, -0.25) is 4.90 Å². The van der Waals surface area contributed by atoms with E-state index in [-0.39, 0.29) is 5.60 Å². The lowest BCUT2D eigenvalue weighted by molar-refractivity contribution is -0.0884. The minimum atomic E-state index is -0.470. The Hall–Kier alpha value is -1.14. The number of ether oxygens (including phenoxy) is 2. The predicted octanol–water partition coefficient (Wildman–Crippen LogP) is 3.30. The molecule has 0 radical (unpaired) electrons. The standard InChI is InChI=1S/C23H38N2O3/c1-23(2)18-25(13-14-28-23)15-19-9-7-8-12-22(19)27-17-21(26)16-24(3)20-10-5-4-6-11-20/h7-9,12,20-21,26H,4-6,10-11,13-18H2,1-3H3/t21-/m0/s1. The molecule has 2 fully saturated rings. The van der Waals surface area contributed by atoms with E-state index in [0.717, 1.165) is 32.0 Å². The van der Waals surface area contributed by atoms with Gasteiger partial charge in [0.1, 0.15) is 18.5 Å². The largest absolute Gasteiger partial charge is 0.491 e. The molecule has 0 amide bonds. The Morgan fingerprint density at radius 2 is 2.00 bits per heavy atom. The van der Waals surface area contributed by atoms with Crippen LogP contribution in [0.15, 0.2) is 24.3 Å². The molecule has 5 nitrogen and oxygen atoms in total. The Kier molecular flexibility index (Phi) is 7.75. The summed E-state index contributed by atoms with van der Waals surface area (Å²) in [6.07, 6.45) is 6.02. The van der Waals surface area contributed by atoms with Crippen molar-refractivity contribution in [3.05, 3.63) is 29.8 Å². The second kappa shape index (κ2) is 10.1. The van der Waals surface area contributed by atoms with Gasteiger partial charge in [-0.05, 0) is 39.8 Å². The van der Waals surface area contributed by atoms with Crippen molar-refractivity contribution in [3.63, 3.8) is 0 Å². The van der Waals surface area contributed by atoms with E-state index in [9.17, 15) is 5.11 Å². The maximum Gasteiger partial charge on any atom is 0.123 e. The predicted molar refractivity (Wildman–Crippen MR) is 113 cm³/mol. The van der Waals surface area contributed by atoms with Gasteiger partial charge in [-0.25, -0.2) is 0 Å². The van der Waals surface area contributed by atoms with Crippen molar-refractivity contribution in [1.82, 2.24) is 9.80 Å². The highest BCUT2D eigenvalue weighted by molar-refractivity contribution is 5.33. The lowest BCUT2D eigenvalue weighted by atomic mass is 9.94. The van der Waals surface area contributed by atoms with Gasteiger partial charge in [-0.2, -0.15) is 0 Å². The van der Waals surface area contributed by atoms with Crippen LogP contribution in [-0.2, 0) is 11.3 Å². The average molecular weight is 391 g/mol. The number of nitrogens with zero attached hydrogens (tertiary/aromatic N) is 2. The molecule has 1 aliphatic heterocycles. The van der Waals surface area contributed by atoms with E-state index in [0.29, 0.717) is 19.2 Å². The van der Waals surface area contributed by atoms with Gasteiger partial charge in [0.25, 0.3) is 0 Å². The van der Waals surface area contributed by atoms with Gasteiger partial charge in [0.2, 0.25) is 0 Å². The third-order valence-electron chi connectivity index (χ3n) is 6.00. The van der Waals surface area contributed by atoms with Crippen molar-refractivity contribution < 1.29 is 14.6 Å². The SMILES string of the molecule is CN(C[C@H](O)COc1ccccc1CN1CCOC(C)(C)C1)C1CCCCC1. The van der Waals surface area contributed by atoms with Crippen LogP contribution in [0.4, 0.5) is 0 Å². The summed E-state index contributed by atoms with van der Waals surface area (Å²) in [5.41, 5.74) is 1.07. The molecule has 0 aromatic heterocycles. The number of hydrogen-bond acceptors (Lipinski definition) is 5. The molecule has 0 spiro atoms. The molecule has 1 saturated carbocycles. The topological polar surface area (TPSA) is 45.2 Å². The normalized spacial score (nSPS) is 22.3. The maximum absolute atomic E-state index is 10.5. The summed E-state index contributed by atoms with van der Waals surface area (Å²) < 4.78 is 11.9. The number of para-hydroxylation sites is 1. The second-order valence-corrected chi connectivity index (χ2v) is 9.12. The number of aliphatic hydroxyl groups is 1. The summed E-state index contributed by atoms with van der Waals surface area (Å²) in [5.74, 6) is 0.881. The fourth-order valence-corrected chi connectivity index (χ4v) is 4.51. The van der Waals surface area contributed by atoms with Gasteiger partial charge >= 0.3 is 0 Å². The lowest BCUT2D eigenvalue weighted by Gasteiger charge is -2.38. The van der Waals surface area contributed by atoms with Crippen LogP contribution < -0.4 is 4.74 Å². The quantitative estimate of drug-likeness (QED) is 0.738. The van der Waals surface area contributed by atoms with Crippen LogP contribution in [0, 0.1) is 0 Å². The average Bonchev–Trinajstić information content (AvgIpc) is 2.67. The molecule has 0 bridgehead atoms. The molecule has 3 rings (SSSR count). The van der Waals surface area contributed by atoms with Crippen LogP contribution in [0.2, 0.25) is 0 Å². The van der Waals surface area contributed by atoms with Gasteiger partial charge < -0.3 is 19.5 Å². The van der Waals surface area contributed by atoms with Crippen molar-refractivity contribution in [2.75, 3.05) is 39.9 Å². The fourth-order valence-electron chi connectivity index (χ4n) is 4.51. The van der Waals surface area contributed by atoms with Crippen LogP contribution >= 0.6 is 0 Å². The molecule has 158 valence electrons. The molecule has 28 heavy (non-hydrogen) atoms. The summed E-state index contributed by atoms with van der Waals surface area (Å²) in [6, 6.07) is 8.81. The van der Waals surface area contributed by atoms with Gasteiger partial charge in [0.05, 0.1) is 12.2 Å². The summed E-state index contributed by atoms with van der Waals surface area (Å²) in [5, 5.41) is 10.5. The molecule has 1 aromatic carbocycles. The van der Waals surface area contributed by atoms with Crippen molar-refractivity contribution in [2.24, 2.45) is 0 Å². The Balaban J connectivity index is 1.50. The first kappa shape index (κ1) is 21.6. The van der Waals surface area contributed by atoms with Crippen molar-refractivity contribution in [3.8, 4) is 5.75 Å². The van der Waals surface area contributed by atoms with E-state index in [1.165, 1.54) is 37.7 Å². The van der Waals surface area contributed by atoms with Gasteiger partial charge in [0, 0.05) is 37.8 Å². The molecule has 1 aliphatic carbocycles. The molecular formula is C23H38N2O3. The van der Waals surface area contributed by atoms with E-state index in [1.807, 2.05) is 12.1 Å². The molecule has 1 atom stereocenters. The van der Waals surface area contributed by atoms with E-state index in [2.05, 4.69) is 42.8 Å². The maximum atomic E-state index is 10.5. The van der Waals surface area contributed by atoms with Crippen molar-refractivity contribution >= 4 is 0 Å². The van der Waals surface area contributed by atoms with Crippen LogP contribution in [0.1, 0.15) is 51.5 Å². The minimum absolute atomic E-state index is 0.103. The summed E-state index contributed by atoms with van der Waals surface area (Å²) in [4.78, 5) is 4.73. The van der Waals surface area contributed by atoms with E-state index >= 15 is 0 Å². The zero-order valence-corrected chi connectivity index (χ0v) is 17.9. The Morgan fingerprint density at radius 3 is 2.75 bits per heavy atom. The van der Waals surface area contributed by atoms with Crippen LogP contribution in [0.3, 0.4) is 0 Å². The van der Waals surface area contributed by atoms with E-state index in [1.54, 1.807) is 0 Å². The van der Waals surface area contributed by atoms with E-state index in [4.69, 9.17) is 9.47 Å². The Labute approximate surface area is 170 Å². The molecular weight excluding hydrogens is 352 g/mol. The molecule has 2 aliphatic rings. The summed E-state index contributed by atoms with van der Waals surface area (Å²) in [7, 11) is 2.13. The first-order chi connectivity index (χ1) is 13.4. The zero-order valence-electron chi connectivity index (χ0n) is 17.9. The first-order valence-corrected chi connectivity index (χ1v) is 10.9. The number of likely N-dealkylation sites (N-methyl/N-ethyl adjacent to an activating group) is 1. The summed E-state index contributed by atoms with van der Waals surface area (Å²) in [6.45, 7) is 8.75. The zero-order chi connectivity index (χ0) is 20.0. The second-order valence-electron chi connectivity index (χ2n) is 9.12. The molecule has 1 heterocycles. The number of rotatable bonds is 8. The van der Waals surface area contributed by atoms with Crippen LogP contribution in [0.25, 0.3) is 0 Å². The third kappa shape index (κ3) is 6.45. The van der Waals surface area contributed by atoms with Crippen molar-refractivity contribution in [2.45, 2.75) is 70.2 Å². The first-order valence-electron chi connectivity index (χ1n) is 10.9. The Bertz CT molecular complexity index is 601. The smallest absolute Gasteiger partial charge is 0.123 e. The number of morpholine rings is 1. The van der Waals surface area contributed by atoms with E-state index < -0.39 is 6.10 Å². The third-order valence-corrected chi connectivity index (χ3v) is 6.00. The minimum Gasteiger partial charge on any atom is -0.491 e. The molecule has 5 heteroatoms. The molecule has 1 aromatic rings. The highest BCUT2D eigenvalue weighted by Crippen LogP contribution is 2.24. The molecule has 1 saturated heterocycles. The van der Waals surface area contributed by atoms with Gasteiger partial charge in [0.15, 0.2) is 0 Å². The van der Waals surface area contributed by atoms with Gasteiger partial charge in [-0.1, -0.05) is 37.5 Å². The number of benzene rings is 1. The van der Waals surface area contributed by atoms with Crippen molar-refractivity contribution in [1.29, 1.82) is 0 Å². The number of aliphatic hydroxyl groups excluding tert-OH is 1. The van der Waals surface area contributed by atoms with Gasteiger partial charge in [-0.15, -0.1) is 0 Å². The highest BCUT2D eigenvalue weighted by Gasteiger charge is 2.27. The summed E-state index contributed by atoms with van der Waals surface area (Å²) >= 11 is 0. The monoisotopic (exact) mass is 390 g/mol. The number of hydrogen-bond donors (Lipinski definition) is 1. The lowest BCUT2D eigenvalue weighted by Crippen LogP contribution is -2.47. The molecule has 0 unspecified atom stereocenters. The van der Waals surface area contributed by atoms with Crippen LogP contribution in [-0.4, -0.2) is 72.5 Å².